The Morgan fingerprint density at radius 1 is 1.16 bits per heavy atom. The summed E-state index contributed by atoms with van der Waals surface area (Å²) in [4.78, 5) is 4.70. The van der Waals surface area contributed by atoms with Gasteiger partial charge in [-0.25, -0.2) is 0 Å². The molecule has 0 heterocycles. The maximum absolute atomic E-state index is 12.1. The lowest BCUT2D eigenvalue weighted by molar-refractivity contribution is 0.0579. The second-order valence-electron chi connectivity index (χ2n) is 7.19. The fourth-order valence-electron chi connectivity index (χ4n) is 3.82. The number of hydrogen-bond donors (Lipinski definition) is 2. The molecule has 2 rings (SSSR count). The van der Waals surface area contributed by atoms with E-state index in [2.05, 4.69) is 17.6 Å². The van der Waals surface area contributed by atoms with Crippen molar-refractivity contribution in [2.45, 2.75) is 89.0 Å². The Morgan fingerprint density at radius 2 is 1.96 bits per heavy atom. The average molecular weight is 372 g/mol. The first-order chi connectivity index (χ1) is 12.2. The van der Waals surface area contributed by atoms with Crippen LogP contribution in [-0.4, -0.2) is 53.0 Å². The summed E-state index contributed by atoms with van der Waals surface area (Å²) in [6.07, 6.45) is 11.0. The normalized spacial score (nSPS) is 26.6. The SMILES string of the molecule is CCNC(=NCCCOC1CCCC1)NC1CCCC(S(=O)CC)C1. The van der Waals surface area contributed by atoms with Crippen molar-refractivity contribution in [1.82, 2.24) is 10.6 Å². The predicted octanol–water partition coefficient (Wildman–Crippen LogP) is 2.97. The van der Waals surface area contributed by atoms with E-state index in [0.717, 1.165) is 63.5 Å². The van der Waals surface area contributed by atoms with Gasteiger partial charge in [0.15, 0.2) is 5.96 Å². The Labute approximate surface area is 156 Å². The van der Waals surface area contributed by atoms with E-state index >= 15 is 0 Å². The fraction of sp³-hybridized carbons (Fsp3) is 0.947. The Kier molecular flexibility index (Phi) is 9.84. The highest BCUT2D eigenvalue weighted by Crippen LogP contribution is 2.23. The first-order valence-electron chi connectivity index (χ1n) is 10.3. The lowest BCUT2D eigenvalue weighted by Crippen LogP contribution is -2.46. The maximum atomic E-state index is 12.1. The van der Waals surface area contributed by atoms with Crippen LogP contribution in [0.25, 0.3) is 0 Å². The van der Waals surface area contributed by atoms with Crippen LogP contribution < -0.4 is 10.6 Å². The molecule has 2 saturated carbocycles. The van der Waals surface area contributed by atoms with Crippen molar-refractivity contribution in [3.05, 3.63) is 0 Å². The number of guanidine groups is 1. The van der Waals surface area contributed by atoms with E-state index in [0.29, 0.717) is 17.4 Å². The van der Waals surface area contributed by atoms with E-state index in [1.165, 1.54) is 25.7 Å². The molecule has 3 atom stereocenters. The molecule has 0 amide bonds. The highest BCUT2D eigenvalue weighted by Gasteiger charge is 2.26. The second kappa shape index (κ2) is 11.9. The van der Waals surface area contributed by atoms with Gasteiger partial charge in [0, 0.05) is 47.5 Å². The number of nitrogens with one attached hydrogen (secondary N) is 2. The minimum absolute atomic E-state index is 0.346. The number of nitrogens with zero attached hydrogens (tertiary/aromatic N) is 1. The largest absolute Gasteiger partial charge is 0.378 e. The van der Waals surface area contributed by atoms with Crippen molar-refractivity contribution in [2.75, 3.05) is 25.4 Å². The van der Waals surface area contributed by atoms with Gasteiger partial charge in [-0.3, -0.25) is 9.20 Å². The van der Waals surface area contributed by atoms with Gasteiger partial charge in [-0.15, -0.1) is 0 Å². The van der Waals surface area contributed by atoms with Crippen molar-refractivity contribution in [3.8, 4) is 0 Å². The van der Waals surface area contributed by atoms with Gasteiger partial charge in [-0.2, -0.15) is 0 Å². The van der Waals surface area contributed by atoms with E-state index in [1.54, 1.807) is 0 Å². The van der Waals surface area contributed by atoms with Gasteiger partial charge in [0.05, 0.1) is 6.10 Å². The Bertz CT molecular complexity index is 425. The van der Waals surface area contributed by atoms with Crippen LogP contribution in [0, 0.1) is 0 Å². The van der Waals surface area contributed by atoms with Crippen molar-refractivity contribution in [2.24, 2.45) is 4.99 Å². The summed E-state index contributed by atoms with van der Waals surface area (Å²) in [6.45, 7) is 6.58. The Hall–Kier alpha value is -0.620. The van der Waals surface area contributed by atoms with E-state index in [-0.39, 0.29) is 0 Å². The van der Waals surface area contributed by atoms with Gasteiger partial charge < -0.3 is 15.4 Å². The lowest BCUT2D eigenvalue weighted by atomic mass is 9.95. The molecule has 0 aromatic rings. The third kappa shape index (κ3) is 7.65. The second-order valence-corrected chi connectivity index (χ2v) is 9.20. The molecule has 6 heteroatoms. The summed E-state index contributed by atoms with van der Waals surface area (Å²) in [7, 11) is -0.679. The minimum atomic E-state index is -0.679. The first-order valence-corrected chi connectivity index (χ1v) is 11.6. The Morgan fingerprint density at radius 3 is 2.68 bits per heavy atom. The van der Waals surface area contributed by atoms with Crippen molar-refractivity contribution in [1.29, 1.82) is 0 Å². The van der Waals surface area contributed by atoms with E-state index in [9.17, 15) is 4.21 Å². The lowest BCUT2D eigenvalue weighted by Gasteiger charge is -2.30. The number of rotatable bonds is 9. The van der Waals surface area contributed by atoms with Gasteiger partial charge in [0.2, 0.25) is 0 Å². The van der Waals surface area contributed by atoms with Gasteiger partial charge in [0.1, 0.15) is 0 Å². The summed E-state index contributed by atoms with van der Waals surface area (Å²) in [5.74, 6) is 1.67. The quantitative estimate of drug-likeness (QED) is 0.372. The molecule has 0 bridgehead atoms. The summed E-state index contributed by atoms with van der Waals surface area (Å²) in [5, 5.41) is 7.25. The zero-order valence-corrected chi connectivity index (χ0v) is 16.9. The van der Waals surface area contributed by atoms with Crippen molar-refractivity contribution >= 4 is 16.8 Å². The molecule has 0 aliphatic heterocycles. The Balaban J connectivity index is 1.71. The molecule has 0 spiro atoms. The molecule has 146 valence electrons. The van der Waals surface area contributed by atoms with Crippen molar-refractivity contribution in [3.63, 3.8) is 0 Å². The summed E-state index contributed by atoms with van der Waals surface area (Å²) >= 11 is 0. The third-order valence-corrected chi connectivity index (χ3v) is 6.94. The zero-order chi connectivity index (χ0) is 17.9. The molecule has 5 nitrogen and oxygen atoms in total. The van der Waals surface area contributed by atoms with Gasteiger partial charge in [-0.05, 0) is 45.4 Å². The number of ether oxygens (including phenoxy) is 1. The van der Waals surface area contributed by atoms with E-state index in [1.807, 2.05) is 6.92 Å². The van der Waals surface area contributed by atoms with Crippen LogP contribution in [0.15, 0.2) is 4.99 Å². The molecule has 2 aliphatic carbocycles. The summed E-state index contributed by atoms with van der Waals surface area (Å²) in [6, 6.07) is 0.391. The monoisotopic (exact) mass is 371 g/mol. The molecule has 0 radical (unpaired) electrons. The molecule has 2 N–H and O–H groups in total. The van der Waals surface area contributed by atoms with E-state index in [4.69, 9.17) is 9.73 Å². The van der Waals surface area contributed by atoms with Gasteiger partial charge >= 0.3 is 0 Å². The topological polar surface area (TPSA) is 62.7 Å². The standard InChI is InChI=1S/C19H37N3O2S/c1-3-20-19(21-13-8-14-24-17-10-5-6-11-17)22-16-9-7-12-18(15-16)25(23)4-2/h16-18H,3-15H2,1-2H3,(H2,20,21,22). The first kappa shape index (κ1) is 20.7. The summed E-state index contributed by atoms with van der Waals surface area (Å²) in [5.41, 5.74) is 0. The highest BCUT2D eigenvalue weighted by molar-refractivity contribution is 7.85. The molecule has 0 aromatic heterocycles. The smallest absolute Gasteiger partial charge is 0.191 e. The minimum Gasteiger partial charge on any atom is -0.378 e. The maximum Gasteiger partial charge on any atom is 0.191 e. The fourth-order valence-corrected chi connectivity index (χ4v) is 5.17. The molecular formula is C19H37N3O2S. The van der Waals surface area contributed by atoms with Crippen LogP contribution in [0.4, 0.5) is 0 Å². The molecule has 25 heavy (non-hydrogen) atoms. The average Bonchev–Trinajstić information content (AvgIpc) is 3.14. The molecule has 2 aliphatic rings. The van der Waals surface area contributed by atoms with Gasteiger partial charge in [0.25, 0.3) is 0 Å². The number of hydrogen-bond acceptors (Lipinski definition) is 3. The summed E-state index contributed by atoms with van der Waals surface area (Å²) < 4.78 is 18.0. The third-order valence-electron chi connectivity index (χ3n) is 5.20. The molecule has 0 aromatic carbocycles. The molecule has 3 unspecified atom stereocenters. The predicted molar refractivity (Wildman–Crippen MR) is 107 cm³/mol. The number of aliphatic imine (C=N–C) groups is 1. The molecule has 0 saturated heterocycles. The highest BCUT2D eigenvalue weighted by atomic mass is 32.2. The van der Waals surface area contributed by atoms with Crippen molar-refractivity contribution < 1.29 is 8.95 Å². The zero-order valence-electron chi connectivity index (χ0n) is 16.1. The van der Waals surface area contributed by atoms with Crippen LogP contribution in [-0.2, 0) is 15.5 Å². The van der Waals surface area contributed by atoms with Crippen LogP contribution in [0.3, 0.4) is 0 Å². The van der Waals surface area contributed by atoms with Gasteiger partial charge in [-0.1, -0.05) is 26.2 Å². The van der Waals surface area contributed by atoms with Crippen LogP contribution in [0.1, 0.15) is 71.6 Å². The van der Waals surface area contributed by atoms with Crippen LogP contribution >= 0.6 is 0 Å². The van der Waals surface area contributed by atoms with Crippen LogP contribution in [0.2, 0.25) is 0 Å². The van der Waals surface area contributed by atoms with E-state index < -0.39 is 10.8 Å². The van der Waals surface area contributed by atoms with Crippen LogP contribution in [0.5, 0.6) is 0 Å². The molecule has 2 fully saturated rings. The molecular weight excluding hydrogens is 334 g/mol.